The fourth-order valence-corrected chi connectivity index (χ4v) is 1.99. The monoisotopic (exact) mass is 198 g/mol. The summed E-state index contributed by atoms with van der Waals surface area (Å²) in [5, 5.41) is 0. The van der Waals surface area contributed by atoms with Gasteiger partial charge in [-0.25, -0.2) is 0 Å². The topological polar surface area (TPSA) is 43.4 Å². The average molecular weight is 198 g/mol. The van der Waals surface area contributed by atoms with E-state index in [9.17, 15) is 9.59 Å². The summed E-state index contributed by atoms with van der Waals surface area (Å²) < 4.78 is 4.57. The lowest BCUT2D eigenvalue weighted by atomic mass is 9.72. The van der Waals surface area contributed by atoms with E-state index in [0.717, 1.165) is 19.3 Å². The molecule has 0 aromatic rings. The highest BCUT2D eigenvalue weighted by atomic mass is 16.5. The molecule has 1 atom stereocenters. The molecule has 14 heavy (non-hydrogen) atoms. The second-order valence-corrected chi connectivity index (χ2v) is 4.27. The zero-order chi connectivity index (χ0) is 10.6. The minimum absolute atomic E-state index is 0.218. The molecule has 3 heteroatoms. The summed E-state index contributed by atoms with van der Waals surface area (Å²) in [7, 11) is 1.38. The highest BCUT2D eigenvalue weighted by molar-refractivity contribution is 5.85. The van der Waals surface area contributed by atoms with Crippen molar-refractivity contribution in [1.82, 2.24) is 0 Å². The number of Topliss-reactive ketones (excluding diaryl/α,β-unsaturated/α-hetero) is 1. The lowest BCUT2D eigenvalue weighted by Gasteiger charge is -2.31. The molecule has 1 rings (SSSR count). The van der Waals surface area contributed by atoms with E-state index in [1.54, 1.807) is 0 Å². The number of hydrogen-bond donors (Lipinski definition) is 0. The molecule has 1 unspecified atom stereocenters. The molecule has 0 saturated heterocycles. The maximum atomic E-state index is 11.7. The summed E-state index contributed by atoms with van der Waals surface area (Å²) >= 11 is 0. The van der Waals surface area contributed by atoms with Gasteiger partial charge in [0.15, 0.2) is 0 Å². The summed E-state index contributed by atoms with van der Waals surface area (Å²) in [5.41, 5.74) is -0.271. The van der Waals surface area contributed by atoms with Crippen LogP contribution in [0, 0.1) is 5.41 Å². The van der Waals surface area contributed by atoms with E-state index in [2.05, 4.69) is 4.74 Å². The predicted octanol–water partition coefficient (Wildman–Crippen LogP) is 2.09. The first-order chi connectivity index (χ1) is 6.58. The third-order valence-corrected chi connectivity index (χ3v) is 3.16. The first-order valence-electron chi connectivity index (χ1n) is 5.18. The van der Waals surface area contributed by atoms with Gasteiger partial charge in [0.05, 0.1) is 7.11 Å². The van der Waals surface area contributed by atoms with Crippen LogP contribution in [0.4, 0.5) is 0 Å². The van der Waals surface area contributed by atoms with Crippen LogP contribution in [0.5, 0.6) is 0 Å². The van der Waals surface area contributed by atoms with Gasteiger partial charge in [0, 0.05) is 18.3 Å². The molecule has 1 aliphatic carbocycles. The Balaban J connectivity index is 2.47. The molecule has 0 N–H and O–H groups in total. The van der Waals surface area contributed by atoms with E-state index in [4.69, 9.17) is 0 Å². The van der Waals surface area contributed by atoms with E-state index in [-0.39, 0.29) is 11.4 Å². The van der Waals surface area contributed by atoms with Crippen LogP contribution in [0.15, 0.2) is 0 Å². The number of rotatable bonds is 3. The molecule has 0 aliphatic heterocycles. The number of ketones is 1. The third-order valence-electron chi connectivity index (χ3n) is 3.16. The highest BCUT2D eigenvalue weighted by Crippen LogP contribution is 2.36. The van der Waals surface area contributed by atoms with Crippen molar-refractivity contribution in [2.45, 2.75) is 45.4 Å². The van der Waals surface area contributed by atoms with Gasteiger partial charge >= 0.3 is 5.97 Å². The van der Waals surface area contributed by atoms with Crippen molar-refractivity contribution in [2.75, 3.05) is 7.11 Å². The molecule has 0 aromatic carbocycles. The molecule has 1 fully saturated rings. The van der Waals surface area contributed by atoms with E-state index < -0.39 is 0 Å². The van der Waals surface area contributed by atoms with Crippen molar-refractivity contribution in [3.8, 4) is 0 Å². The minimum Gasteiger partial charge on any atom is -0.469 e. The molecular formula is C11H18O3. The predicted molar refractivity (Wildman–Crippen MR) is 52.8 cm³/mol. The van der Waals surface area contributed by atoms with Gasteiger partial charge in [-0.3, -0.25) is 9.59 Å². The van der Waals surface area contributed by atoms with Crippen LogP contribution in [-0.4, -0.2) is 18.9 Å². The van der Waals surface area contributed by atoms with Gasteiger partial charge in [-0.05, 0) is 19.3 Å². The van der Waals surface area contributed by atoms with E-state index in [1.807, 2.05) is 6.92 Å². The van der Waals surface area contributed by atoms with Crippen molar-refractivity contribution in [2.24, 2.45) is 5.41 Å². The van der Waals surface area contributed by atoms with Crippen molar-refractivity contribution in [3.05, 3.63) is 0 Å². The first kappa shape index (κ1) is 11.2. The zero-order valence-corrected chi connectivity index (χ0v) is 8.97. The number of ether oxygens (including phenoxy) is 1. The maximum Gasteiger partial charge on any atom is 0.305 e. The van der Waals surface area contributed by atoms with Gasteiger partial charge in [0.2, 0.25) is 0 Å². The Kier molecular flexibility index (Phi) is 3.67. The van der Waals surface area contributed by atoms with Crippen LogP contribution in [0.25, 0.3) is 0 Å². The van der Waals surface area contributed by atoms with Crippen molar-refractivity contribution < 1.29 is 14.3 Å². The Morgan fingerprint density at radius 3 is 2.79 bits per heavy atom. The highest BCUT2D eigenvalue weighted by Gasteiger charge is 2.35. The summed E-state index contributed by atoms with van der Waals surface area (Å²) in [5.74, 6) is 0.0947. The molecule has 0 heterocycles. The Morgan fingerprint density at radius 2 is 2.21 bits per heavy atom. The second-order valence-electron chi connectivity index (χ2n) is 4.27. The van der Waals surface area contributed by atoms with Gasteiger partial charge < -0.3 is 4.74 Å². The zero-order valence-electron chi connectivity index (χ0n) is 8.97. The second kappa shape index (κ2) is 4.58. The summed E-state index contributed by atoms with van der Waals surface area (Å²) in [6.45, 7) is 1.97. The normalized spacial score (nSPS) is 27.4. The van der Waals surface area contributed by atoms with Crippen LogP contribution >= 0.6 is 0 Å². The SMILES string of the molecule is COC(=O)CCC1(C)CCCCC1=O. The molecule has 1 saturated carbocycles. The van der Waals surface area contributed by atoms with Crippen LogP contribution in [0.1, 0.15) is 45.4 Å². The fraction of sp³-hybridized carbons (Fsp3) is 0.818. The van der Waals surface area contributed by atoms with Gasteiger partial charge in [0.1, 0.15) is 5.78 Å². The molecular weight excluding hydrogens is 180 g/mol. The van der Waals surface area contributed by atoms with Gasteiger partial charge in [-0.2, -0.15) is 0 Å². The average Bonchev–Trinajstić information content (AvgIpc) is 2.19. The smallest absolute Gasteiger partial charge is 0.305 e. The lowest BCUT2D eigenvalue weighted by molar-refractivity contribution is -0.142. The number of hydrogen-bond acceptors (Lipinski definition) is 3. The first-order valence-corrected chi connectivity index (χ1v) is 5.18. The molecule has 80 valence electrons. The molecule has 1 aliphatic rings. The number of carbonyl (C=O) groups is 2. The van der Waals surface area contributed by atoms with E-state index >= 15 is 0 Å². The van der Waals surface area contributed by atoms with Crippen molar-refractivity contribution >= 4 is 11.8 Å². The Labute approximate surface area is 84.8 Å². The Morgan fingerprint density at radius 1 is 1.50 bits per heavy atom. The third kappa shape index (κ3) is 2.56. The van der Waals surface area contributed by atoms with Gasteiger partial charge in [0.25, 0.3) is 0 Å². The number of esters is 1. The van der Waals surface area contributed by atoms with Crippen LogP contribution < -0.4 is 0 Å². The standard InChI is InChI=1S/C11H18O3/c1-11(8-6-10(13)14-2)7-4-3-5-9(11)12/h3-8H2,1-2H3. The van der Waals surface area contributed by atoms with Gasteiger partial charge in [-0.15, -0.1) is 0 Å². The molecule has 0 spiro atoms. The molecule has 0 aromatic heterocycles. The number of carbonyl (C=O) groups excluding carboxylic acids is 2. The van der Waals surface area contributed by atoms with Gasteiger partial charge in [-0.1, -0.05) is 13.3 Å². The summed E-state index contributed by atoms with van der Waals surface area (Å²) in [6, 6.07) is 0. The van der Waals surface area contributed by atoms with Crippen LogP contribution in [-0.2, 0) is 14.3 Å². The van der Waals surface area contributed by atoms with Crippen molar-refractivity contribution in [3.63, 3.8) is 0 Å². The summed E-state index contributed by atoms with van der Waals surface area (Å²) in [6.07, 6.45) is 4.70. The van der Waals surface area contributed by atoms with Crippen LogP contribution in [0.3, 0.4) is 0 Å². The largest absolute Gasteiger partial charge is 0.469 e. The molecule has 0 amide bonds. The Bertz CT molecular complexity index is 235. The minimum atomic E-state index is -0.271. The van der Waals surface area contributed by atoms with E-state index in [0.29, 0.717) is 25.0 Å². The number of methoxy groups -OCH3 is 1. The summed E-state index contributed by atoms with van der Waals surface area (Å²) in [4.78, 5) is 22.6. The molecule has 0 bridgehead atoms. The lowest BCUT2D eigenvalue weighted by Crippen LogP contribution is -2.31. The quantitative estimate of drug-likeness (QED) is 0.652. The van der Waals surface area contributed by atoms with E-state index in [1.165, 1.54) is 7.11 Å². The Hall–Kier alpha value is -0.860. The molecule has 0 radical (unpaired) electrons. The maximum absolute atomic E-state index is 11.7. The molecule has 3 nitrogen and oxygen atoms in total. The van der Waals surface area contributed by atoms with Crippen LogP contribution in [0.2, 0.25) is 0 Å². The van der Waals surface area contributed by atoms with Crippen molar-refractivity contribution in [1.29, 1.82) is 0 Å². The fourth-order valence-electron chi connectivity index (χ4n) is 1.99.